The van der Waals surface area contributed by atoms with Gasteiger partial charge in [0.1, 0.15) is 6.10 Å². The molecule has 0 spiro atoms. The highest BCUT2D eigenvalue weighted by Crippen LogP contribution is 2.47. The summed E-state index contributed by atoms with van der Waals surface area (Å²) < 4.78 is 0. The van der Waals surface area contributed by atoms with Crippen molar-refractivity contribution in [2.45, 2.75) is 64.4 Å². The van der Waals surface area contributed by atoms with Crippen LogP contribution in [-0.4, -0.2) is 5.11 Å². The van der Waals surface area contributed by atoms with Crippen molar-refractivity contribution in [2.24, 2.45) is 5.41 Å². The van der Waals surface area contributed by atoms with Gasteiger partial charge in [-0.15, -0.1) is 11.3 Å². The number of nitriles is 1. The van der Waals surface area contributed by atoms with Crippen molar-refractivity contribution in [2.75, 3.05) is 0 Å². The third kappa shape index (κ3) is 2.85. The lowest BCUT2D eigenvalue weighted by molar-refractivity contribution is 0.0387. The molecule has 1 fully saturated rings. The van der Waals surface area contributed by atoms with Crippen molar-refractivity contribution in [3.8, 4) is 6.07 Å². The second-order valence-corrected chi connectivity index (χ2v) is 7.80. The van der Waals surface area contributed by atoms with Gasteiger partial charge in [0.05, 0.1) is 11.5 Å². The predicted octanol–water partition coefficient (Wildman–Crippen LogP) is 4.55. The molecule has 2 nitrogen and oxygen atoms in total. The number of hydrogen-bond acceptors (Lipinski definition) is 3. The van der Waals surface area contributed by atoms with Gasteiger partial charge in [0.15, 0.2) is 0 Å². The van der Waals surface area contributed by atoms with Crippen LogP contribution in [0.15, 0.2) is 12.1 Å². The van der Waals surface area contributed by atoms with Gasteiger partial charge in [-0.2, -0.15) is 5.26 Å². The highest BCUT2D eigenvalue weighted by Gasteiger charge is 2.41. The normalized spacial score (nSPS) is 20.8. The largest absolute Gasteiger partial charge is 0.386 e. The maximum atomic E-state index is 10.7. The van der Waals surface area contributed by atoms with Crippen molar-refractivity contribution in [1.29, 1.82) is 5.26 Å². The number of thiophene rings is 1. The summed E-state index contributed by atoms with van der Waals surface area (Å²) in [6.07, 6.45) is 4.33. The van der Waals surface area contributed by atoms with Crippen LogP contribution in [-0.2, 0) is 5.41 Å². The van der Waals surface area contributed by atoms with Gasteiger partial charge in [-0.25, -0.2) is 0 Å². The summed E-state index contributed by atoms with van der Waals surface area (Å²) in [6, 6.07) is 6.52. The topological polar surface area (TPSA) is 44.0 Å². The van der Waals surface area contributed by atoms with E-state index < -0.39 is 11.5 Å². The van der Waals surface area contributed by atoms with E-state index in [9.17, 15) is 10.4 Å². The first-order valence-corrected chi connectivity index (χ1v) is 7.90. The summed E-state index contributed by atoms with van der Waals surface area (Å²) in [4.78, 5) is 2.22. The SMILES string of the molecule is CC(C)(C)c1ccc(C(O)C2(C#N)CCCCC2)s1. The highest BCUT2D eigenvalue weighted by molar-refractivity contribution is 7.12. The van der Waals surface area contributed by atoms with E-state index in [0.29, 0.717) is 0 Å². The van der Waals surface area contributed by atoms with Crippen LogP contribution in [0.5, 0.6) is 0 Å². The molecule has 1 aliphatic rings. The number of aliphatic hydroxyl groups is 1. The van der Waals surface area contributed by atoms with Gasteiger partial charge in [-0.3, -0.25) is 0 Å². The molecular weight excluding hydrogens is 254 g/mol. The first-order valence-electron chi connectivity index (χ1n) is 7.09. The lowest BCUT2D eigenvalue weighted by Crippen LogP contribution is -2.29. The predicted molar refractivity (Wildman–Crippen MR) is 79.1 cm³/mol. The van der Waals surface area contributed by atoms with Gasteiger partial charge in [-0.05, 0) is 30.4 Å². The minimum absolute atomic E-state index is 0.106. The summed E-state index contributed by atoms with van der Waals surface area (Å²) >= 11 is 1.65. The van der Waals surface area contributed by atoms with Gasteiger partial charge in [0.25, 0.3) is 0 Å². The molecule has 1 aliphatic carbocycles. The monoisotopic (exact) mass is 277 g/mol. The molecule has 1 aromatic rings. The lowest BCUT2D eigenvalue weighted by Gasteiger charge is -2.34. The van der Waals surface area contributed by atoms with E-state index in [-0.39, 0.29) is 5.41 Å². The van der Waals surface area contributed by atoms with Crippen molar-refractivity contribution in [3.63, 3.8) is 0 Å². The molecule has 0 aromatic carbocycles. The van der Waals surface area contributed by atoms with Gasteiger partial charge >= 0.3 is 0 Å². The number of hydrogen-bond donors (Lipinski definition) is 1. The summed E-state index contributed by atoms with van der Waals surface area (Å²) in [7, 11) is 0. The van der Waals surface area contributed by atoms with E-state index in [0.717, 1.165) is 30.6 Å². The van der Waals surface area contributed by atoms with Crippen molar-refractivity contribution >= 4 is 11.3 Å². The Bertz CT molecular complexity index is 472. The molecule has 1 atom stereocenters. The molecule has 0 amide bonds. The summed E-state index contributed by atoms with van der Waals surface area (Å²) in [6.45, 7) is 6.53. The first-order chi connectivity index (χ1) is 8.89. The molecule has 3 heteroatoms. The molecule has 19 heavy (non-hydrogen) atoms. The van der Waals surface area contributed by atoms with Crippen LogP contribution in [0.4, 0.5) is 0 Å². The smallest absolute Gasteiger partial charge is 0.107 e. The Kier molecular flexibility index (Phi) is 4.03. The lowest BCUT2D eigenvalue weighted by atomic mass is 9.71. The van der Waals surface area contributed by atoms with Crippen molar-refractivity contribution < 1.29 is 5.11 Å². The third-order valence-electron chi connectivity index (χ3n) is 4.13. The van der Waals surface area contributed by atoms with Crippen LogP contribution in [0.3, 0.4) is 0 Å². The Morgan fingerprint density at radius 3 is 2.37 bits per heavy atom. The molecule has 0 bridgehead atoms. The van der Waals surface area contributed by atoms with Crippen LogP contribution in [0.1, 0.15) is 68.7 Å². The second-order valence-electron chi connectivity index (χ2n) is 6.68. The highest BCUT2D eigenvalue weighted by atomic mass is 32.1. The fourth-order valence-electron chi connectivity index (χ4n) is 2.80. The van der Waals surface area contributed by atoms with Crippen LogP contribution in [0.25, 0.3) is 0 Å². The molecule has 0 aliphatic heterocycles. The molecule has 1 unspecified atom stereocenters. The van der Waals surface area contributed by atoms with Crippen LogP contribution >= 0.6 is 11.3 Å². The van der Waals surface area contributed by atoms with Crippen molar-refractivity contribution in [1.82, 2.24) is 0 Å². The molecule has 1 N–H and O–H groups in total. The average Bonchev–Trinajstić information content (AvgIpc) is 2.88. The number of aliphatic hydroxyl groups excluding tert-OH is 1. The molecule has 1 heterocycles. The van der Waals surface area contributed by atoms with E-state index in [4.69, 9.17) is 0 Å². The van der Waals surface area contributed by atoms with Gasteiger partial charge < -0.3 is 5.11 Å². The molecule has 0 radical (unpaired) electrons. The molecule has 104 valence electrons. The third-order valence-corrected chi connectivity index (χ3v) is 5.69. The standard InChI is InChI=1S/C16H23NOS/c1-15(2,3)13-8-7-12(19-13)14(18)16(11-17)9-5-4-6-10-16/h7-8,14,18H,4-6,9-10H2,1-3H3. The zero-order valence-electron chi connectivity index (χ0n) is 12.1. The van der Waals surface area contributed by atoms with E-state index in [2.05, 4.69) is 32.9 Å². The van der Waals surface area contributed by atoms with E-state index >= 15 is 0 Å². The Labute approximate surface area is 120 Å². The van der Waals surface area contributed by atoms with E-state index in [1.807, 2.05) is 6.07 Å². The fourth-order valence-corrected chi connectivity index (χ4v) is 3.97. The quantitative estimate of drug-likeness (QED) is 0.861. The number of rotatable bonds is 2. The second kappa shape index (κ2) is 5.26. The maximum Gasteiger partial charge on any atom is 0.107 e. The van der Waals surface area contributed by atoms with Gasteiger partial charge in [0.2, 0.25) is 0 Å². The Balaban J connectivity index is 2.26. The minimum Gasteiger partial charge on any atom is -0.386 e. The zero-order valence-corrected chi connectivity index (χ0v) is 12.9. The Hall–Kier alpha value is -0.850. The summed E-state index contributed by atoms with van der Waals surface area (Å²) in [5, 5.41) is 20.2. The zero-order chi connectivity index (χ0) is 14.1. The Morgan fingerprint density at radius 2 is 1.89 bits per heavy atom. The van der Waals surface area contributed by atoms with Crippen LogP contribution in [0, 0.1) is 16.7 Å². The summed E-state index contributed by atoms with van der Waals surface area (Å²) in [5.41, 5.74) is -0.451. The minimum atomic E-state index is -0.626. The van der Waals surface area contributed by atoms with E-state index in [1.54, 1.807) is 11.3 Å². The maximum absolute atomic E-state index is 10.7. The van der Waals surface area contributed by atoms with Crippen LogP contribution in [0.2, 0.25) is 0 Å². The molecule has 0 saturated heterocycles. The molecule has 1 aromatic heterocycles. The first kappa shape index (κ1) is 14.6. The molecular formula is C16H23NOS. The molecule has 2 rings (SSSR count). The number of nitrogens with zero attached hydrogens (tertiary/aromatic N) is 1. The van der Waals surface area contributed by atoms with E-state index in [1.165, 1.54) is 11.3 Å². The van der Waals surface area contributed by atoms with Crippen LogP contribution < -0.4 is 0 Å². The molecule has 1 saturated carbocycles. The van der Waals surface area contributed by atoms with Gasteiger partial charge in [0, 0.05) is 9.75 Å². The Morgan fingerprint density at radius 1 is 1.26 bits per heavy atom. The van der Waals surface area contributed by atoms with Crippen molar-refractivity contribution in [3.05, 3.63) is 21.9 Å². The fraction of sp³-hybridized carbons (Fsp3) is 0.688. The average molecular weight is 277 g/mol. The summed E-state index contributed by atoms with van der Waals surface area (Å²) in [5.74, 6) is 0. The van der Waals surface area contributed by atoms with Gasteiger partial charge in [-0.1, -0.05) is 40.0 Å².